The van der Waals surface area contributed by atoms with Crippen LogP contribution in [0.2, 0.25) is 0 Å². The summed E-state index contributed by atoms with van der Waals surface area (Å²) in [5.41, 5.74) is 6.45. The molecular weight excluding hydrogens is 253 g/mol. The van der Waals surface area contributed by atoms with Gasteiger partial charge in [-0.1, -0.05) is 23.9 Å². The van der Waals surface area contributed by atoms with Gasteiger partial charge in [-0.2, -0.15) is 0 Å². The Morgan fingerprint density at radius 3 is 3.00 bits per heavy atom. The average Bonchev–Trinajstić information content (AvgIpc) is 2.40. The quantitative estimate of drug-likeness (QED) is 0.680. The van der Waals surface area contributed by atoms with Crippen LogP contribution in [0.3, 0.4) is 0 Å². The van der Waals surface area contributed by atoms with Crippen molar-refractivity contribution in [1.82, 2.24) is 9.97 Å². The first-order valence-corrected chi connectivity index (χ1v) is 6.21. The molecule has 0 unspecified atom stereocenters. The largest absolute Gasteiger partial charge is 0.497 e. The molecule has 0 aliphatic carbocycles. The lowest BCUT2D eigenvalue weighted by Gasteiger charge is -2.04. The third kappa shape index (κ3) is 3.10. The van der Waals surface area contributed by atoms with Gasteiger partial charge >= 0.3 is 0 Å². The van der Waals surface area contributed by atoms with Gasteiger partial charge in [0.1, 0.15) is 5.75 Å². The number of nitrogens with zero attached hydrogens (tertiary/aromatic N) is 2. The van der Waals surface area contributed by atoms with Crippen LogP contribution in [0.15, 0.2) is 35.6 Å². The van der Waals surface area contributed by atoms with Gasteiger partial charge in [0.25, 0.3) is 0 Å². The summed E-state index contributed by atoms with van der Waals surface area (Å²) in [6, 6.07) is 7.69. The van der Waals surface area contributed by atoms with E-state index in [0.717, 1.165) is 17.5 Å². The van der Waals surface area contributed by atoms with E-state index in [-0.39, 0.29) is 5.82 Å². The van der Waals surface area contributed by atoms with Crippen molar-refractivity contribution in [2.75, 3.05) is 12.8 Å². The molecule has 0 saturated heterocycles. The standard InChI is InChI=1S/C12H12FN3OS/c1-17-9-4-2-3-8(5-9)7-18-12-15-6-10(13)11(14)16-12/h2-6H,7H2,1H3,(H2,14,15,16). The van der Waals surface area contributed by atoms with Crippen molar-refractivity contribution >= 4 is 17.6 Å². The Bertz CT molecular complexity index is 551. The molecule has 0 bridgehead atoms. The Balaban J connectivity index is 2.04. The number of thioether (sulfide) groups is 1. The molecule has 94 valence electrons. The number of hydrogen-bond acceptors (Lipinski definition) is 5. The van der Waals surface area contributed by atoms with Gasteiger partial charge in [-0.15, -0.1) is 0 Å². The highest BCUT2D eigenvalue weighted by Crippen LogP contribution is 2.22. The van der Waals surface area contributed by atoms with Crippen LogP contribution in [-0.2, 0) is 5.75 Å². The molecule has 0 atom stereocenters. The molecule has 2 rings (SSSR count). The SMILES string of the molecule is COc1cccc(CSc2ncc(F)c(N)n2)c1. The monoisotopic (exact) mass is 265 g/mol. The highest BCUT2D eigenvalue weighted by molar-refractivity contribution is 7.98. The van der Waals surface area contributed by atoms with Crippen LogP contribution < -0.4 is 10.5 Å². The minimum atomic E-state index is -0.597. The van der Waals surface area contributed by atoms with E-state index in [1.165, 1.54) is 11.8 Å². The van der Waals surface area contributed by atoms with E-state index in [1.54, 1.807) is 7.11 Å². The number of methoxy groups -OCH3 is 1. The van der Waals surface area contributed by atoms with Gasteiger partial charge in [-0.05, 0) is 17.7 Å². The number of ether oxygens (including phenoxy) is 1. The van der Waals surface area contributed by atoms with Crippen molar-refractivity contribution in [3.05, 3.63) is 41.8 Å². The molecule has 4 nitrogen and oxygen atoms in total. The maximum atomic E-state index is 12.9. The molecule has 0 fully saturated rings. The topological polar surface area (TPSA) is 61.0 Å². The number of nitrogens with two attached hydrogens (primary N) is 1. The van der Waals surface area contributed by atoms with Crippen LogP contribution >= 0.6 is 11.8 Å². The summed E-state index contributed by atoms with van der Waals surface area (Å²) in [4.78, 5) is 7.72. The van der Waals surface area contributed by atoms with Crippen molar-refractivity contribution in [1.29, 1.82) is 0 Å². The summed E-state index contributed by atoms with van der Waals surface area (Å²) in [6.45, 7) is 0. The van der Waals surface area contributed by atoms with Crippen LogP contribution in [0.4, 0.5) is 10.2 Å². The van der Waals surface area contributed by atoms with Crippen LogP contribution in [-0.4, -0.2) is 17.1 Å². The van der Waals surface area contributed by atoms with Crippen molar-refractivity contribution in [2.45, 2.75) is 10.9 Å². The van der Waals surface area contributed by atoms with Crippen molar-refractivity contribution in [3.8, 4) is 5.75 Å². The van der Waals surface area contributed by atoms with Crippen molar-refractivity contribution in [3.63, 3.8) is 0 Å². The Kier molecular flexibility index (Phi) is 3.99. The third-order valence-electron chi connectivity index (χ3n) is 2.25. The first-order valence-electron chi connectivity index (χ1n) is 5.23. The number of benzene rings is 1. The second-order valence-electron chi connectivity index (χ2n) is 3.53. The predicted octanol–water partition coefficient (Wildman–Crippen LogP) is 2.50. The maximum Gasteiger partial charge on any atom is 0.189 e. The van der Waals surface area contributed by atoms with Crippen molar-refractivity contribution < 1.29 is 9.13 Å². The van der Waals surface area contributed by atoms with E-state index in [2.05, 4.69) is 9.97 Å². The Morgan fingerprint density at radius 2 is 2.28 bits per heavy atom. The maximum absolute atomic E-state index is 12.9. The van der Waals surface area contributed by atoms with Crippen LogP contribution in [0.5, 0.6) is 5.75 Å². The summed E-state index contributed by atoms with van der Waals surface area (Å²) in [5, 5.41) is 0.455. The molecule has 1 heterocycles. The fraction of sp³-hybridized carbons (Fsp3) is 0.167. The number of halogens is 1. The van der Waals surface area contributed by atoms with Crippen LogP contribution in [0.1, 0.15) is 5.56 Å². The molecule has 0 saturated carbocycles. The lowest BCUT2D eigenvalue weighted by molar-refractivity contribution is 0.414. The van der Waals surface area contributed by atoms with E-state index in [1.807, 2.05) is 24.3 Å². The smallest absolute Gasteiger partial charge is 0.189 e. The molecule has 0 aliphatic heterocycles. The third-order valence-corrected chi connectivity index (χ3v) is 3.18. The number of nitrogen functional groups attached to an aromatic ring is 1. The first kappa shape index (κ1) is 12.6. The van der Waals surface area contributed by atoms with Crippen molar-refractivity contribution in [2.24, 2.45) is 0 Å². The zero-order valence-electron chi connectivity index (χ0n) is 9.76. The normalized spacial score (nSPS) is 10.3. The first-order chi connectivity index (χ1) is 8.69. The number of hydrogen-bond donors (Lipinski definition) is 1. The Hall–Kier alpha value is -1.82. The number of aromatic nitrogens is 2. The minimum Gasteiger partial charge on any atom is -0.497 e. The number of anilines is 1. The van der Waals surface area contributed by atoms with Crippen LogP contribution in [0, 0.1) is 5.82 Å². The molecule has 2 N–H and O–H groups in total. The summed E-state index contributed by atoms with van der Waals surface area (Å²) in [5.74, 6) is 0.744. The molecular formula is C12H12FN3OS. The summed E-state index contributed by atoms with van der Waals surface area (Å²) in [7, 11) is 1.62. The van der Waals surface area contributed by atoms with Gasteiger partial charge in [-0.25, -0.2) is 14.4 Å². The van der Waals surface area contributed by atoms with Gasteiger partial charge < -0.3 is 10.5 Å². The number of rotatable bonds is 4. The zero-order chi connectivity index (χ0) is 13.0. The molecule has 2 aromatic rings. The summed E-state index contributed by atoms with van der Waals surface area (Å²) < 4.78 is 18.0. The van der Waals surface area contributed by atoms with E-state index in [9.17, 15) is 4.39 Å². The van der Waals surface area contributed by atoms with Gasteiger partial charge in [0.05, 0.1) is 13.3 Å². The average molecular weight is 265 g/mol. The molecule has 0 aliphatic rings. The van der Waals surface area contributed by atoms with E-state index >= 15 is 0 Å². The predicted molar refractivity (Wildman–Crippen MR) is 69.0 cm³/mol. The molecule has 0 spiro atoms. The minimum absolute atomic E-state index is 0.127. The van der Waals surface area contributed by atoms with E-state index < -0.39 is 5.82 Å². The van der Waals surface area contributed by atoms with Gasteiger partial charge in [-0.3, -0.25) is 0 Å². The van der Waals surface area contributed by atoms with Gasteiger partial charge in [0.15, 0.2) is 16.8 Å². The molecule has 0 radical (unpaired) electrons. The molecule has 1 aromatic carbocycles. The lowest BCUT2D eigenvalue weighted by atomic mass is 10.2. The highest BCUT2D eigenvalue weighted by atomic mass is 32.2. The highest BCUT2D eigenvalue weighted by Gasteiger charge is 2.04. The fourth-order valence-electron chi connectivity index (χ4n) is 1.34. The van der Waals surface area contributed by atoms with E-state index in [4.69, 9.17) is 10.5 Å². The molecule has 1 aromatic heterocycles. The second-order valence-corrected chi connectivity index (χ2v) is 4.47. The van der Waals surface area contributed by atoms with E-state index in [0.29, 0.717) is 10.9 Å². The summed E-state index contributed by atoms with van der Waals surface area (Å²) in [6.07, 6.45) is 1.08. The zero-order valence-corrected chi connectivity index (χ0v) is 10.6. The molecule has 18 heavy (non-hydrogen) atoms. The summed E-state index contributed by atoms with van der Waals surface area (Å²) >= 11 is 1.39. The Morgan fingerprint density at radius 1 is 1.44 bits per heavy atom. The second kappa shape index (κ2) is 5.68. The van der Waals surface area contributed by atoms with Crippen LogP contribution in [0.25, 0.3) is 0 Å². The molecule has 0 amide bonds. The lowest BCUT2D eigenvalue weighted by Crippen LogP contribution is -1.98. The van der Waals surface area contributed by atoms with Gasteiger partial charge in [0, 0.05) is 5.75 Å². The Labute approximate surface area is 108 Å². The molecule has 6 heteroatoms. The fourth-order valence-corrected chi connectivity index (χ4v) is 2.11. The van der Waals surface area contributed by atoms with Gasteiger partial charge in [0.2, 0.25) is 0 Å².